The van der Waals surface area contributed by atoms with E-state index in [4.69, 9.17) is 0 Å². The molecule has 0 bridgehead atoms. The number of rotatable bonds is 4. The smallest absolute Gasteiger partial charge is 0.185 e. The fraction of sp³-hybridized carbons (Fsp3) is 0.273. The first-order chi connectivity index (χ1) is 8.16. The van der Waals surface area contributed by atoms with Gasteiger partial charge in [-0.3, -0.25) is 0 Å². The number of aryl methyl sites for hydroxylation is 1. The second kappa shape index (κ2) is 5.29. The number of thioether (sulfide) groups is 1. The lowest BCUT2D eigenvalue weighted by atomic mass is 10.1. The highest BCUT2D eigenvalue weighted by atomic mass is 32.2. The predicted molar refractivity (Wildman–Crippen MR) is 63.1 cm³/mol. The molecule has 1 aromatic carbocycles. The number of aliphatic hydroxyl groups is 1. The van der Waals surface area contributed by atoms with Crippen LogP contribution in [-0.2, 0) is 7.05 Å². The van der Waals surface area contributed by atoms with Crippen LogP contribution in [0, 0.1) is 5.82 Å². The molecule has 1 heterocycles. The third kappa shape index (κ3) is 3.04. The summed E-state index contributed by atoms with van der Waals surface area (Å²) in [6, 6.07) is 5.84. The minimum Gasteiger partial charge on any atom is -0.388 e. The van der Waals surface area contributed by atoms with Crippen molar-refractivity contribution in [2.45, 2.75) is 11.3 Å². The van der Waals surface area contributed by atoms with Gasteiger partial charge in [0.05, 0.1) is 6.10 Å². The van der Waals surface area contributed by atoms with Gasteiger partial charge in [-0.1, -0.05) is 23.9 Å². The van der Waals surface area contributed by atoms with Gasteiger partial charge in [0.1, 0.15) is 12.1 Å². The van der Waals surface area contributed by atoms with E-state index in [-0.39, 0.29) is 5.82 Å². The maximum atomic E-state index is 12.7. The average Bonchev–Trinajstić information content (AvgIpc) is 2.73. The molecule has 0 unspecified atom stereocenters. The van der Waals surface area contributed by atoms with Gasteiger partial charge in [0, 0.05) is 12.8 Å². The van der Waals surface area contributed by atoms with Gasteiger partial charge < -0.3 is 5.11 Å². The Morgan fingerprint density at radius 1 is 1.41 bits per heavy atom. The Kier molecular flexibility index (Phi) is 3.75. The summed E-state index contributed by atoms with van der Waals surface area (Å²) in [5.74, 6) is 0.153. The predicted octanol–water partition coefficient (Wildman–Crippen LogP) is 1.78. The van der Waals surface area contributed by atoms with Crippen molar-refractivity contribution in [1.29, 1.82) is 0 Å². The van der Waals surface area contributed by atoms with Gasteiger partial charge in [-0.05, 0) is 17.7 Å². The molecule has 1 N–H and O–H groups in total. The lowest BCUT2D eigenvalue weighted by molar-refractivity contribution is 0.204. The first kappa shape index (κ1) is 12.1. The van der Waals surface area contributed by atoms with Crippen LogP contribution >= 0.6 is 11.8 Å². The van der Waals surface area contributed by atoms with Crippen LogP contribution < -0.4 is 0 Å². The fourth-order valence-electron chi connectivity index (χ4n) is 1.35. The summed E-state index contributed by atoms with van der Waals surface area (Å²) in [5, 5.41) is 14.6. The van der Waals surface area contributed by atoms with Crippen LogP contribution in [0.5, 0.6) is 0 Å². The normalized spacial score (nSPS) is 12.6. The zero-order valence-corrected chi connectivity index (χ0v) is 10.1. The highest BCUT2D eigenvalue weighted by Gasteiger charge is 2.10. The van der Waals surface area contributed by atoms with Crippen molar-refractivity contribution in [2.24, 2.45) is 7.05 Å². The second-order valence-electron chi connectivity index (χ2n) is 3.54. The molecule has 1 atom stereocenters. The minimum atomic E-state index is -0.641. The molecule has 6 heteroatoms. The first-order valence-corrected chi connectivity index (χ1v) is 6.05. The zero-order chi connectivity index (χ0) is 12.3. The van der Waals surface area contributed by atoms with Crippen LogP contribution in [0.25, 0.3) is 0 Å². The van der Waals surface area contributed by atoms with Crippen molar-refractivity contribution in [3.63, 3.8) is 0 Å². The standard InChI is InChI=1S/C11H12FN3OS/c1-15-11(13-7-14-15)17-6-10(16)8-2-4-9(12)5-3-8/h2-5,7,10,16H,6H2,1H3/t10-/m0/s1. The van der Waals surface area contributed by atoms with E-state index < -0.39 is 6.10 Å². The van der Waals surface area contributed by atoms with Crippen LogP contribution in [0.1, 0.15) is 11.7 Å². The third-order valence-electron chi connectivity index (χ3n) is 2.29. The van der Waals surface area contributed by atoms with E-state index in [0.29, 0.717) is 11.3 Å². The molecular formula is C11H12FN3OS. The van der Waals surface area contributed by atoms with Crippen LogP contribution in [-0.4, -0.2) is 25.6 Å². The van der Waals surface area contributed by atoms with E-state index in [2.05, 4.69) is 10.1 Å². The molecule has 0 aliphatic heterocycles. The molecule has 1 aromatic heterocycles. The van der Waals surface area contributed by atoms with Crippen LogP contribution in [0.15, 0.2) is 35.7 Å². The van der Waals surface area contributed by atoms with Gasteiger partial charge in [-0.2, -0.15) is 5.10 Å². The largest absolute Gasteiger partial charge is 0.388 e. The quantitative estimate of drug-likeness (QED) is 0.844. The van der Waals surface area contributed by atoms with Gasteiger partial charge in [0.25, 0.3) is 0 Å². The zero-order valence-electron chi connectivity index (χ0n) is 9.25. The number of aromatic nitrogens is 3. The summed E-state index contributed by atoms with van der Waals surface area (Å²) in [6.45, 7) is 0. The average molecular weight is 253 g/mol. The van der Waals surface area contributed by atoms with Gasteiger partial charge in [-0.25, -0.2) is 14.1 Å². The Labute approximate surface area is 102 Å². The molecule has 0 saturated carbocycles. The topological polar surface area (TPSA) is 50.9 Å². The Hall–Kier alpha value is -1.40. The molecular weight excluding hydrogens is 241 g/mol. The lowest BCUT2D eigenvalue weighted by Crippen LogP contribution is -2.02. The molecule has 0 aliphatic rings. The molecule has 4 nitrogen and oxygen atoms in total. The van der Waals surface area contributed by atoms with E-state index in [1.165, 1.54) is 30.2 Å². The maximum Gasteiger partial charge on any atom is 0.185 e. The summed E-state index contributed by atoms with van der Waals surface area (Å²) in [6.07, 6.45) is 0.823. The van der Waals surface area contributed by atoms with Gasteiger partial charge in [0.15, 0.2) is 5.16 Å². The summed E-state index contributed by atoms with van der Waals surface area (Å²) < 4.78 is 14.3. The molecule has 0 spiro atoms. The van der Waals surface area contributed by atoms with Crippen molar-refractivity contribution >= 4 is 11.8 Å². The SMILES string of the molecule is Cn1ncnc1SC[C@H](O)c1ccc(F)cc1. The number of aliphatic hydroxyl groups excluding tert-OH is 1. The minimum absolute atomic E-state index is 0.304. The highest BCUT2D eigenvalue weighted by molar-refractivity contribution is 7.99. The highest BCUT2D eigenvalue weighted by Crippen LogP contribution is 2.22. The Bertz CT molecular complexity index is 486. The Morgan fingerprint density at radius 2 is 2.12 bits per heavy atom. The van der Waals surface area contributed by atoms with Crippen LogP contribution in [0.3, 0.4) is 0 Å². The molecule has 0 saturated heterocycles. The van der Waals surface area contributed by atoms with Gasteiger partial charge in [-0.15, -0.1) is 0 Å². The van der Waals surface area contributed by atoms with Crippen LogP contribution in [0.2, 0.25) is 0 Å². The molecule has 0 amide bonds. The summed E-state index contributed by atoms with van der Waals surface area (Å²) in [5.41, 5.74) is 0.695. The Morgan fingerprint density at radius 3 is 2.71 bits per heavy atom. The number of nitrogens with zero attached hydrogens (tertiary/aromatic N) is 3. The van der Waals surface area contributed by atoms with Crippen molar-refractivity contribution in [2.75, 3.05) is 5.75 Å². The van der Waals surface area contributed by atoms with Gasteiger partial charge >= 0.3 is 0 Å². The number of hydrogen-bond acceptors (Lipinski definition) is 4. The molecule has 2 aromatic rings. The monoisotopic (exact) mass is 253 g/mol. The van der Waals surface area contributed by atoms with Crippen molar-refractivity contribution in [1.82, 2.24) is 14.8 Å². The first-order valence-electron chi connectivity index (χ1n) is 5.07. The molecule has 90 valence electrons. The fourth-order valence-corrected chi connectivity index (χ4v) is 2.21. The van der Waals surface area contributed by atoms with Crippen LogP contribution in [0.4, 0.5) is 4.39 Å². The van der Waals surface area contributed by atoms with E-state index in [1.54, 1.807) is 23.9 Å². The molecule has 0 radical (unpaired) electrons. The molecule has 0 fully saturated rings. The second-order valence-corrected chi connectivity index (χ2v) is 4.53. The van der Waals surface area contributed by atoms with Crippen molar-refractivity contribution in [3.8, 4) is 0 Å². The number of hydrogen-bond donors (Lipinski definition) is 1. The van der Waals surface area contributed by atoms with E-state index in [1.807, 2.05) is 0 Å². The summed E-state index contributed by atoms with van der Waals surface area (Å²) in [7, 11) is 1.79. The van der Waals surface area contributed by atoms with Crippen molar-refractivity contribution in [3.05, 3.63) is 42.0 Å². The lowest BCUT2D eigenvalue weighted by Gasteiger charge is -2.09. The number of benzene rings is 1. The van der Waals surface area contributed by atoms with E-state index in [9.17, 15) is 9.50 Å². The Balaban J connectivity index is 1.95. The summed E-state index contributed by atoms with van der Waals surface area (Å²) >= 11 is 1.41. The maximum absolute atomic E-state index is 12.7. The summed E-state index contributed by atoms with van der Waals surface area (Å²) in [4.78, 5) is 4.04. The molecule has 2 rings (SSSR count). The van der Waals surface area contributed by atoms with E-state index >= 15 is 0 Å². The van der Waals surface area contributed by atoms with Crippen molar-refractivity contribution < 1.29 is 9.50 Å². The third-order valence-corrected chi connectivity index (χ3v) is 3.41. The van der Waals surface area contributed by atoms with Gasteiger partial charge in [0.2, 0.25) is 0 Å². The molecule has 0 aliphatic carbocycles. The van der Waals surface area contributed by atoms with E-state index in [0.717, 1.165) is 5.16 Å². The molecule has 17 heavy (non-hydrogen) atoms. The number of halogens is 1.